The largest absolute Gasteiger partial charge is 0.388 e. The van der Waals surface area contributed by atoms with Gasteiger partial charge in [0, 0.05) is 6.42 Å². The molecule has 0 aromatic rings. The molecule has 0 spiro atoms. The molecule has 1 amide bonds. The average Bonchev–Trinajstić information content (AvgIpc) is 2.49. The van der Waals surface area contributed by atoms with Gasteiger partial charge in [0.15, 0.2) is 6.23 Å². The molecule has 6 nitrogen and oxygen atoms in total. The van der Waals surface area contributed by atoms with E-state index < -0.39 is 30.6 Å². The fourth-order valence-electron chi connectivity index (χ4n) is 2.64. The van der Waals surface area contributed by atoms with E-state index in [1.54, 1.807) is 6.92 Å². The minimum Gasteiger partial charge on any atom is -0.388 e. The van der Waals surface area contributed by atoms with Gasteiger partial charge in [0.05, 0.1) is 6.10 Å². The normalized spacial score (nSPS) is 32.0. The number of rotatable bonds is 9. The monoisotopic (exact) mass is 317 g/mol. The first-order chi connectivity index (χ1) is 10.5. The summed E-state index contributed by atoms with van der Waals surface area (Å²) in [6.07, 6.45) is 2.92. The highest BCUT2D eigenvalue weighted by molar-refractivity contribution is 5.76. The Kier molecular flexibility index (Phi) is 8.93. The van der Waals surface area contributed by atoms with Gasteiger partial charge in [-0.25, -0.2) is 0 Å². The molecule has 4 N–H and O–H groups in total. The molecule has 0 aromatic heterocycles. The van der Waals surface area contributed by atoms with E-state index in [4.69, 9.17) is 4.74 Å². The molecule has 1 rings (SSSR count). The zero-order chi connectivity index (χ0) is 16.5. The quantitative estimate of drug-likeness (QED) is 0.477. The van der Waals surface area contributed by atoms with Gasteiger partial charge in [-0.1, -0.05) is 45.4 Å². The standard InChI is InChI=1S/C16H31NO5/c1-3-4-5-6-7-8-9-10-12(18)17-16-15(21)14(20)13(19)11(2)22-16/h11,13-16,19-21H,3-10H2,1-2H3,(H,17,18)/t11-,13+,14+,15-,16?/m1/s1. The highest BCUT2D eigenvalue weighted by atomic mass is 16.5. The Labute approximate surface area is 132 Å². The van der Waals surface area contributed by atoms with Gasteiger partial charge in [0.25, 0.3) is 0 Å². The number of carbonyl (C=O) groups is 1. The summed E-state index contributed by atoms with van der Waals surface area (Å²) in [5, 5.41) is 31.7. The van der Waals surface area contributed by atoms with Gasteiger partial charge in [-0.05, 0) is 13.3 Å². The summed E-state index contributed by atoms with van der Waals surface area (Å²) in [6, 6.07) is 0. The van der Waals surface area contributed by atoms with Crippen molar-refractivity contribution < 1.29 is 24.9 Å². The van der Waals surface area contributed by atoms with Crippen molar-refractivity contribution in [2.45, 2.75) is 95.9 Å². The number of hydrogen-bond acceptors (Lipinski definition) is 5. The maximum absolute atomic E-state index is 11.8. The molecule has 1 unspecified atom stereocenters. The number of ether oxygens (including phenoxy) is 1. The van der Waals surface area contributed by atoms with Crippen molar-refractivity contribution in [2.24, 2.45) is 0 Å². The number of aliphatic hydroxyl groups is 3. The number of carbonyl (C=O) groups excluding carboxylic acids is 1. The second-order valence-corrected chi connectivity index (χ2v) is 6.17. The van der Waals surface area contributed by atoms with Crippen LogP contribution in [0.2, 0.25) is 0 Å². The lowest BCUT2D eigenvalue weighted by Gasteiger charge is -2.39. The highest BCUT2D eigenvalue weighted by Crippen LogP contribution is 2.19. The zero-order valence-electron chi connectivity index (χ0n) is 13.7. The Morgan fingerprint density at radius 2 is 1.55 bits per heavy atom. The summed E-state index contributed by atoms with van der Waals surface area (Å²) in [5.74, 6) is -0.201. The van der Waals surface area contributed by atoms with E-state index in [-0.39, 0.29) is 5.91 Å². The highest BCUT2D eigenvalue weighted by Gasteiger charge is 2.42. The third-order valence-corrected chi connectivity index (χ3v) is 4.16. The van der Waals surface area contributed by atoms with Crippen LogP contribution in [0.3, 0.4) is 0 Å². The molecular formula is C16H31NO5. The minimum absolute atomic E-state index is 0.201. The number of hydrogen-bond donors (Lipinski definition) is 4. The zero-order valence-corrected chi connectivity index (χ0v) is 13.7. The molecule has 6 heteroatoms. The molecule has 0 aromatic carbocycles. The molecule has 5 atom stereocenters. The number of amides is 1. The summed E-state index contributed by atoms with van der Waals surface area (Å²) < 4.78 is 5.33. The van der Waals surface area contributed by atoms with Gasteiger partial charge < -0.3 is 25.4 Å². The molecule has 1 heterocycles. The first-order valence-electron chi connectivity index (χ1n) is 8.46. The Balaban J connectivity index is 2.19. The maximum Gasteiger partial charge on any atom is 0.222 e. The van der Waals surface area contributed by atoms with Crippen molar-refractivity contribution in [3.63, 3.8) is 0 Å². The lowest BCUT2D eigenvalue weighted by molar-refractivity contribution is -0.224. The van der Waals surface area contributed by atoms with Crippen molar-refractivity contribution in [1.82, 2.24) is 5.32 Å². The van der Waals surface area contributed by atoms with Crippen molar-refractivity contribution in [2.75, 3.05) is 0 Å². The summed E-state index contributed by atoms with van der Waals surface area (Å²) in [5.41, 5.74) is 0. The number of unbranched alkanes of at least 4 members (excludes halogenated alkanes) is 6. The van der Waals surface area contributed by atoms with E-state index in [9.17, 15) is 20.1 Å². The molecule has 1 aliphatic heterocycles. The van der Waals surface area contributed by atoms with Crippen molar-refractivity contribution in [1.29, 1.82) is 0 Å². The van der Waals surface area contributed by atoms with Crippen LogP contribution in [0.5, 0.6) is 0 Å². The Morgan fingerprint density at radius 1 is 0.955 bits per heavy atom. The van der Waals surface area contributed by atoms with Crippen LogP contribution in [0.4, 0.5) is 0 Å². The molecule has 0 bridgehead atoms. The SMILES string of the molecule is CCCCCCCCCC(=O)NC1O[C@H](C)[C@H](O)[C@H](O)[C@H]1O. The smallest absolute Gasteiger partial charge is 0.222 e. The molecule has 0 radical (unpaired) electrons. The summed E-state index contributed by atoms with van der Waals surface area (Å²) in [4.78, 5) is 11.8. The van der Waals surface area contributed by atoms with Crippen molar-refractivity contribution in [3.8, 4) is 0 Å². The Morgan fingerprint density at radius 3 is 2.18 bits per heavy atom. The molecule has 1 saturated heterocycles. The molecule has 0 saturated carbocycles. The van der Waals surface area contributed by atoms with Crippen LogP contribution in [0, 0.1) is 0 Å². The Hall–Kier alpha value is -0.690. The van der Waals surface area contributed by atoms with Gasteiger partial charge >= 0.3 is 0 Å². The van der Waals surface area contributed by atoms with Crippen LogP contribution < -0.4 is 5.32 Å². The average molecular weight is 317 g/mol. The predicted molar refractivity (Wildman–Crippen MR) is 83.1 cm³/mol. The first-order valence-corrected chi connectivity index (χ1v) is 8.46. The third-order valence-electron chi connectivity index (χ3n) is 4.16. The summed E-state index contributed by atoms with van der Waals surface area (Å²) in [7, 11) is 0. The molecular weight excluding hydrogens is 286 g/mol. The van der Waals surface area contributed by atoms with E-state index in [0.717, 1.165) is 19.3 Å². The van der Waals surface area contributed by atoms with Crippen LogP contribution in [0.1, 0.15) is 65.2 Å². The van der Waals surface area contributed by atoms with Gasteiger partial charge in [-0.2, -0.15) is 0 Å². The van der Waals surface area contributed by atoms with Gasteiger partial charge in [-0.3, -0.25) is 4.79 Å². The fraction of sp³-hybridized carbons (Fsp3) is 0.938. The van der Waals surface area contributed by atoms with Crippen LogP contribution in [-0.2, 0) is 9.53 Å². The van der Waals surface area contributed by atoms with Gasteiger partial charge in [-0.15, -0.1) is 0 Å². The maximum atomic E-state index is 11.8. The Bertz CT molecular complexity index is 326. The lowest BCUT2D eigenvalue weighted by atomic mass is 9.99. The van der Waals surface area contributed by atoms with Gasteiger partial charge in [0.1, 0.15) is 18.3 Å². The summed E-state index contributed by atoms with van der Waals surface area (Å²) in [6.45, 7) is 3.78. The fourth-order valence-corrected chi connectivity index (χ4v) is 2.64. The van der Waals surface area contributed by atoms with Crippen molar-refractivity contribution >= 4 is 5.91 Å². The van der Waals surface area contributed by atoms with Crippen LogP contribution >= 0.6 is 0 Å². The number of aliphatic hydroxyl groups excluding tert-OH is 3. The van der Waals surface area contributed by atoms with Crippen LogP contribution in [0.15, 0.2) is 0 Å². The molecule has 1 fully saturated rings. The molecule has 1 aliphatic rings. The second kappa shape index (κ2) is 10.2. The third kappa shape index (κ3) is 6.20. The molecule has 0 aliphatic carbocycles. The van der Waals surface area contributed by atoms with Crippen molar-refractivity contribution in [3.05, 3.63) is 0 Å². The minimum atomic E-state index is -1.32. The number of nitrogens with one attached hydrogen (secondary N) is 1. The van der Waals surface area contributed by atoms with Crippen LogP contribution in [0.25, 0.3) is 0 Å². The van der Waals surface area contributed by atoms with E-state index in [1.165, 1.54) is 25.7 Å². The van der Waals surface area contributed by atoms with E-state index in [2.05, 4.69) is 12.2 Å². The van der Waals surface area contributed by atoms with Gasteiger partial charge in [0.2, 0.25) is 5.91 Å². The van der Waals surface area contributed by atoms with E-state index in [0.29, 0.717) is 6.42 Å². The van der Waals surface area contributed by atoms with Crippen LogP contribution in [-0.4, -0.2) is 51.9 Å². The van der Waals surface area contributed by atoms with E-state index in [1.807, 2.05) is 0 Å². The molecule has 130 valence electrons. The first kappa shape index (κ1) is 19.4. The van der Waals surface area contributed by atoms with E-state index >= 15 is 0 Å². The second-order valence-electron chi connectivity index (χ2n) is 6.17. The summed E-state index contributed by atoms with van der Waals surface area (Å²) >= 11 is 0. The molecule has 22 heavy (non-hydrogen) atoms. The predicted octanol–water partition coefficient (Wildman–Crippen LogP) is 1.07. The topological polar surface area (TPSA) is 99.0 Å². The lowest BCUT2D eigenvalue weighted by Crippen LogP contribution is -2.61.